The van der Waals surface area contributed by atoms with Crippen molar-refractivity contribution in [1.29, 1.82) is 0 Å². The number of benzene rings is 1. The van der Waals surface area contributed by atoms with E-state index in [1.54, 1.807) is 18.2 Å². The lowest BCUT2D eigenvalue weighted by molar-refractivity contribution is 0.0956. The number of nitrogens with zero attached hydrogens (tertiary/aromatic N) is 2. The highest BCUT2D eigenvalue weighted by atomic mass is 32.2. The third kappa shape index (κ3) is 3.27. The molecule has 1 aromatic heterocycles. The van der Waals surface area contributed by atoms with Gasteiger partial charge in [0.25, 0.3) is 0 Å². The van der Waals surface area contributed by atoms with Gasteiger partial charge in [0.2, 0.25) is 10.0 Å². The Morgan fingerprint density at radius 1 is 1.15 bits per heavy atom. The van der Waals surface area contributed by atoms with Gasteiger partial charge in [0.05, 0.1) is 11.4 Å². The summed E-state index contributed by atoms with van der Waals surface area (Å²) in [6, 6.07) is 8.22. The first-order valence-corrected chi connectivity index (χ1v) is 11.1. The van der Waals surface area contributed by atoms with E-state index in [0.29, 0.717) is 16.3 Å². The van der Waals surface area contributed by atoms with Crippen molar-refractivity contribution in [1.82, 2.24) is 14.5 Å². The predicted octanol–water partition coefficient (Wildman–Crippen LogP) is 3.35. The topological polar surface area (TPSA) is 75.3 Å². The molecule has 4 rings (SSSR count). The van der Waals surface area contributed by atoms with E-state index < -0.39 is 10.0 Å². The number of nitrogens with one attached hydrogen (secondary N) is 1. The van der Waals surface area contributed by atoms with Crippen molar-refractivity contribution in [2.75, 3.05) is 0 Å². The number of ether oxygens (including phenoxy) is 1. The lowest BCUT2D eigenvalue weighted by Crippen LogP contribution is -2.49. The molecular weight excluding hydrogens is 362 g/mol. The largest absolute Gasteiger partial charge is 0.490 e. The maximum atomic E-state index is 13.3. The molecule has 2 aliphatic rings. The summed E-state index contributed by atoms with van der Waals surface area (Å²) < 4.78 is 34.6. The van der Waals surface area contributed by atoms with Gasteiger partial charge < -0.3 is 4.74 Å². The fraction of sp³-hybridized carbons (Fsp3) is 0.550. The molecule has 0 aliphatic carbocycles. The van der Waals surface area contributed by atoms with Gasteiger partial charge in [-0.1, -0.05) is 19.1 Å². The Hall–Kier alpha value is -1.86. The number of hydrogen-bond donors (Lipinski definition) is 1. The van der Waals surface area contributed by atoms with Crippen LogP contribution in [0.25, 0.3) is 0 Å². The number of hydrogen-bond acceptors (Lipinski definition) is 4. The van der Waals surface area contributed by atoms with Crippen LogP contribution in [-0.2, 0) is 16.4 Å². The second kappa shape index (κ2) is 6.95. The van der Waals surface area contributed by atoms with Crippen molar-refractivity contribution < 1.29 is 13.2 Å². The summed E-state index contributed by atoms with van der Waals surface area (Å²) in [5, 5.41) is 6.88. The summed E-state index contributed by atoms with van der Waals surface area (Å²) in [6.45, 7) is 5.64. The van der Waals surface area contributed by atoms with Gasteiger partial charge in [-0.2, -0.15) is 9.40 Å². The molecule has 2 aliphatic heterocycles. The molecule has 1 N–H and O–H groups in total. The highest BCUT2D eigenvalue weighted by molar-refractivity contribution is 7.89. The molecule has 146 valence electrons. The van der Waals surface area contributed by atoms with Crippen LogP contribution < -0.4 is 4.74 Å². The molecule has 1 unspecified atom stereocenters. The van der Waals surface area contributed by atoms with Gasteiger partial charge in [0.1, 0.15) is 16.7 Å². The van der Waals surface area contributed by atoms with E-state index in [-0.39, 0.29) is 18.2 Å². The maximum Gasteiger partial charge on any atom is 0.247 e. The fourth-order valence-corrected chi connectivity index (χ4v) is 6.83. The fourth-order valence-electron chi connectivity index (χ4n) is 4.60. The van der Waals surface area contributed by atoms with E-state index in [0.717, 1.165) is 37.9 Å². The highest BCUT2D eigenvalue weighted by Gasteiger charge is 2.48. The molecule has 2 bridgehead atoms. The van der Waals surface area contributed by atoms with Gasteiger partial charge in [-0.05, 0) is 50.8 Å². The van der Waals surface area contributed by atoms with Crippen molar-refractivity contribution in [2.24, 2.45) is 0 Å². The second-order valence-corrected chi connectivity index (χ2v) is 9.47. The van der Waals surface area contributed by atoms with Gasteiger partial charge in [-0.3, -0.25) is 5.10 Å². The molecule has 0 amide bonds. The number of H-pyrrole nitrogens is 1. The number of aryl methyl sites for hydroxylation is 3. The summed E-state index contributed by atoms with van der Waals surface area (Å²) in [7, 11) is -3.54. The van der Waals surface area contributed by atoms with Crippen LogP contribution in [0.15, 0.2) is 29.2 Å². The zero-order chi connectivity index (χ0) is 19.2. The Morgan fingerprint density at radius 3 is 2.30 bits per heavy atom. The van der Waals surface area contributed by atoms with Crippen LogP contribution in [0.4, 0.5) is 0 Å². The smallest absolute Gasteiger partial charge is 0.247 e. The summed E-state index contributed by atoms with van der Waals surface area (Å²) >= 11 is 0. The number of aromatic nitrogens is 2. The Bertz CT molecular complexity index is 887. The zero-order valence-corrected chi connectivity index (χ0v) is 16.9. The van der Waals surface area contributed by atoms with Gasteiger partial charge in [0, 0.05) is 24.9 Å². The summed E-state index contributed by atoms with van der Waals surface area (Å²) in [6.07, 6.45) is 4.34. The van der Waals surface area contributed by atoms with Gasteiger partial charge >= 0.3 is 0 Å². The lowest BCUT2D eigenvalue weighted by atomic mass is 10.0. The van der Waals surface area contributed by atoms with Gasteiger partial charge in [-0.25, -0.2) is 8.42 Å². The van der Waals surface area contributed by atoms with Crippen molar-refractivity contribution in [3.05, 3.63) is 41.2 Å². The minimum atomic E-state index is -3.54. The molecule has 2 saturated heterocycles. The molecule has 3 atom stereocenters. The molecular formula is C20H27N3O3S. The van der Waals surface area contributed by atoms with Crippen molar-refractivity contribution in [3.63, 3.8) is 0 Å². The second-order valence-electron chi connectivity index (χ2n) is 7.69. The van der Waals surface area contributed by atoms with E-state index in [1.807, 2.05) is 12.1 Å². The van der Waals surface area contributed by atoms with Crippen LogP contribution in [-0.4, -0.2) is 41.1 Å². The van der Waals surface area contributed by atoms with E-state index in [2.05, 4.69) is 29.3 Å². The van der Waals surface area contributed by atoms with Crippen molar-refractivity contribution >= 4 is 10.0 Å². The number of rotatable bonds is 5. The first kappa shape index (κ1) is 18.5. The average Bonchev–Trinajstić information content (AvgIpc) is 3.13. The predicted molar refractivity (Wildman–Crippen MR) is 103 cm³/mol. The minimum Gasteiger partial charge on any atom is -0.490 e. The molecule has 1 aromatic carbocycles. The third-order valence-electron chi connectivity index (χ3n) is 5.85. The summed E-state index contributed by atoms with van der Waals surface area (Å²) in [5.41, 5.74) is 2.44. The van der Waals surface area contributed by atoms with Gasteiger partial charge in [0.15, 0.2) is 0 Å². The average molecular weight is 390 g/mol. The first-order valence-electron chi connectivity index (χ1n) is 9.70. The Labute approximate surface area is 161 Å². The van der Waals surface area contributed by atoms with Crippen molar-refractivity contribution in [3.8, 4) is 5.75 Å². The first-order chi connectivity index (χ1) is 12.9. The number of aromatic amines is 1. The van der Waals surface area contributed by atoms with Crippen LogP contribution in [0.3, 0.4) is 0 Å². The van der Waals surface area contributed by atoms with E-state index in [4.69, 9.17) is 4.74 Å². The Morgan fingerprint density at radius 2 is 1.78 bits per heavy atom. The molecule has 3 heterocycles. The molecule has 2 fully saturated rings. The van der Waals surface area contributed by atoms with Gasteiger partial charge in [-0.15, -0.1) is 0 Å². The SMILES string of the molecule is CCc1ccc(OC2C[C@H]3CC[C@@H](C2)N3S(=O)(=O)c2c(C)n[nH]c2C)cc1. The monoisotopic (exact) mass is 389 g/mol. The van der Waals surface area contributed by atoms with E-state index in [1.165, 1.54) is 5.56 Å². The molecule has 0 spiro atoms. The third-order valence-corrected chi connectivity index (χ3v) is 8.12. The molecule has 0 saturated carbocycles. The van der Waals surface area contributed by atoms with E-state index in [9.17, 15) is 8.42 Å². The standard InChI is InChI=1S/C20H27N3O3S/c1-4-15-5-9-18(10-6-15)26-19-11-16-7-8-17(12-19)23(16)27(24,25)20-13(2)21-22-14(20)3/h5-6,9-10,16-17,19H,4,7-8,11-12H2,1-3H3,(H,21,22)/t16-,17+,19?. The van der Waals surface area contributed by atoms with Crippen LogP contribution in [0.1, 0.15) is 49.6 Å². The summed E-state index contributed by atoms with van der Waals surface area (Å²) in [4.78, 5) is 0.342. The zero-order valence-electron chi connectivity index (χ0n) is 16.1. The van der Waals surface area contributed by atoms with E-state index >= 15 is 0 Å². The summed E-state index contributed by atoms with van der Waals surface area (Å²) in [5.74, 6) is 0.870. The molecule has 7 heteroatoms. The van der Waals surface area contributed by atoms with Crippen molar-refractivity contribution in [2.45, 2.75) is 76.0 Å². The lowest BCUT2D eigenvalue weighted by Gasteiger charge is -2.37. The molecule has 0 radical (unpaired) electrons. The number of fused-ring (bicyclic) bond motifs is 2. The number of piperidine rings is 1. The molecule has 2 aromatic rings. The van der Waals surface area contributed by atoms with Crippen LogP contribution in [0.2, 0.25) is 0 Å². The maximum absolute atomic E-state index is 13.3. The Balaban J connectivity index is 1.52. The Kier molecular flexibility index (Phi) is 4.76. The highest BCUT2D eigenvalue weighted by Crippen LogP contribution is 2.41. The van der Waals surface area contributed by atoms with Crippen LogP contribution in [0.5, 0.6) is 5.75 Å². The van der Waals surface area contributed by atoms with Crippen LogP contribution in [0, 0.1) is 13.8 Å². The quantitative estimate of drug-likeness (QED) is 0.851. The normalized spacial score (nSPS) is 25.7. The minimum absolute atomic E-state index is 0.00219. The number of sulfonamides is 1. The molecule has 27 heavy (non-hydrogen) atoms. The van der Waals surface area contributed by atoms with Crippen LogP contribution >= 0.6 is 0 Å². The molecule has 6 nitrogen and oxygen atoms in total.